The molecule has 0 atom stereocenters. The monoisotopic (exact) mass is 562 g/mol. The number of carbonyl (C=O) groups excluding carboxylic acids is 2. The topological polar surface area (TPSA) is 97.5 Å². The Labute approximate surface area is 232 Å². The summed E-state index contributed by atoms with van der Waals surface area (Å²) in [6, 6.07) is 19.2. The van der Waals surface area contributed by atoms with E-state index in [1.54, 1.807) is 36.4 Å². The minimum absolute atomic E-state index is 0.0329. The van der Waals surface area contributed by atoms with Gasteiger partial charge in [-0.1, -0.05) is 59.8 Å². The summed E-state index contributed by atoms with van der Waals surface area (Å²) in [6.45, 7) is 2.35. The zero-order valence-electron chi connectivity index (χ0n) is 19.9. The molecular weight excluding hydrogens is 544 g/mol. The van der Waals surface area contributed by atoms with Gasteiger partial charge in [0.15, 0.2) is 4.32 Å². The molecule has 0 spiro atoms. The highest BCUT2D eigenvalue weighted by atomic mass is 35.5. The molecule has 38 heavy (non-hydrogen) atoms. The normalized spacial score (nSPS) is 14.5. The third-order valence-corrected chi connectivity index (χ3v) is 7.60. The van der Waals surface area contributed by atoms with E-state index in [1.165, 1.54) is 12.1 Å². The lowest BCUT2D eigenvalue weighted by Gasteiger charge is -2.16. The van der Waals surface area contributed by atoms with Crippen LogP contribution in [0.25, 0.3) is 17.0 Å². The number of rotatable bonds is 6. The Morgan fingerprint density at radius 2 is 1.89 bits per heavy atom. The predicted molar refractivity (Wildman–Crippen MR) is 153 cm³/mol. The van der Waals surface area contributed by atoms with Crippen molar-refractivity contribution >= 4 is 74.4 Å². The molecule has 2 heterocycles. The Kier molecular flexibility index (Phi) is 7.02. The molecule has 0 aliphatic carbocycles. The molecule has 2 amide bonds. The first-order chi connectivity index (χ1) is 18.2. The number of nitrogens with zero attached hydrogens (tertiary/aromatic N) is 3. The molecule has 0 radical (unpaired) electrons. The van der Waals surface area contributed by atoms with Crippen LogP contribution in [0.4, 0.5) is 5.69 Å². The highest BCUT2D eigenvalue weighted by Gasteiger charge is 2.34. The molecule has 190 valence electrons. The maximum atomic E-state index is 13.2. The third kappa shape index (κ3) is 5.06. The van der Waals surface area contributed by atoms with Gasteiger partial charge >= 0.3 is 0 Å². The summed E-state index contributed by atoms with van der Waals surface area (Å²) < 4.78 is 2.22. The van der Waals surface area contributed by atoms with E-state index in [2.05, 4.69) is 5.43 Å². The quantitative estimate of drug-likeness (QED) is 0.132. The van der Waals surface area contributed by atoms with Crippen molar-refractivity contribution in [3.8, 4) is 0 Å². The number of nitro benzene ring substituents is 1. The number of non-ortho nitro benzene ring substituents is 1. The van der Waals surface area contributed by atoms with Crippen molar-refractivity contribution in [3.05, 3.63) is 115 Å². The van der Waals surface area contributed by atoms with E-state index in [4.69, 9.17) is 23.8 Å². The lowest BCUT2D eigenvalue weighted by Crippen LogP contribution is -2.44. The third-order valence-electron chi connectivity index (χ3n) is 5.98. The zero-order valence-corrected chi connectivity index (χ0v) is 22.3. The molecule has 1 aliphatic heterocycles. The van der Waals surface area contributed by atoms with E-state index in [9.17, 15) is 19.7 Å². The standard InChI is InChI=1S/C27H19ClN4O4S2/c1-16-6-11-21(22(28)12-16)25(33)29-31-26(34)24(38-27(31)37)13-18-15-30(23-5-3-2-4-20(18)23)14-17-7-9-19(10-8-17)32(35)36/h2-13,15H,14H2,1H3,(H,29,33)/b24-13-. The lowest BCUT2D eigenvalue weighted by molar-refractivity contribution is -0.384. The van der Waals surface area contributed by atoms with Crippen LogP contribution < -0.4 is 5.43 Å². The fourth-order valence-corrected chi connectivity index (χ4v) is 5.60. The van der Waals surface area contributed by atoms with Gasteiger partial charge in [0.25, 0.3) is 17.5 Å². The molecule has 5 rings (SSSR count). The molecule has 1 fully saturated rings. The van der Waals surface area contributed by atoms with Crippen molar-refractivity contribution in [2.75, 3.05) is 0 Å². The average Bonchev–Trinajstić information content (AvgIpc) is 3.36. The SMILES string of the molecule is Cc1ccc(C(=O)NN2C(=O)/C(=C/c3cn(Cc4ccc([N+](=O)[O-])cc4)c4ccccc34)SC2=S)c(Cl)c1. The molecular formula is C27H19ClN4O4S2. The summed E-state index contributed by atoms with van der Waals surface area (Å²) in [7, 11) is 0. The van der Waals surface area contributed by atoms with Crippen molar-refractivity contribution in [3.63, 3.8) is 0 Å². The average molecular weight is 563 g/mol. The van der Waals surface area contributed by atoms with Crippen LogP contribution in [0, 0.1) is 17.0 Å². The molecule has 0 bridgehead atoms. The van der Waals surface area contributed by atoms with Crippen molar-refractivity contribution in [2.24, 2.45) is 0 Å². The summed E-state index contributed by atoms with van der Waals surface area (Å²) in [6.07, 6.45) is 3.67. The minimum Gasteiger partial charge on any atom is -0.342 e. The first-order valence-electron chi connectivity index (χ1n) is 11.4. The zero-order chi connectivity index (χ0) is 27.0. The maximum absolute atomic E-state index is 13.2. The lowest BCUT2D eigenvalue weighted by atomic mass is 10.1. The molecule has 1 N–H and O–H groups in total. The van der Waals surface area contributed by atoms with Gasteiger partial charge in [0.2, 0.25) is 0 Å². The Morgan fingerprint density at radius 3 is 2.61 bits per heavy atom. The van der Waals surface area contributed by atoms with Crippen LogP contribution in [0.3, 0.4) is 0 Å². The highest BCUT2D eigenvalue weighted by molar-refractivity contribution is 8.26. The Balaban J connectivity index is 1.41. The molecule has 1 aliphatic rings. The van der Waals surface area contributed by atoms with Crippen LogP contribution in [0.2, 0.25) is 5.02 Å². The summed E-state index contributed by atoms with van der Waals surface area (Å²) in [4.78, 5) is 36.9. The van der Waals surface area contributed by atoms with Crippen LogP contribution in [0.1, 0.15) is 27.0 Å². The van der Waals surface area contributed by atoms with Gasteiger partial charge in [-0.2, -0.15) is 5.01 Å². The number of aryl methyl sites for hydroxylation is 1. The smallest absolute Gasteiger partial charge is 0.285 e. The molecule has 0 saturated carbocycles. The van der Waals surface area contributed by atoms with E-state index >= 15 is 0 Å². The number of aromatic nitrogens is 1. The second kappa shape index (κ2) is 10.4. The number of thioether (sulfide) groups is 1. The molecule has 11 heteroatoms. The van der Waals surface area contributed by atoms with Gasteiger partial charge in [-0.3, -0.25) is 25.1 Å². The molecule has 3 aromatic carbocycles. The fourth-order valence-electron chi connectivity index (χ4n) is 4.11. The summed E-state index contributed by atoms with van der Waals surface area (Å²) in [5.41, 5.74) is 6.38. The van der Waals surface area contributed by atoms with E-state index < -0.39 is 16.7 Å². The number of hydrogen-bond acceptors (Lipinski definition) is 6. The number of nitro groups is 1. The highest BCUT2D eigenvalue weighted by Crippen LogP contribution is 2.34. The van der Waals surface area contributed by atoms with E-state index in [1.807, 2.05) is 42.0 Å². The van der Waals surface area contributed by atoms with Crippen LogP contribution in [0.15, 0.2) is 77.8 Å². The first-order valence-corrected chi connectivity index (χ1v) is 13.0. The number of carbonyl (C=O) groups is 2. The summed E-state index contributed by atoms with van der Waals surface area (Å²) in [5.74, 6) is -0.976. The van der Waals surface area contributed by atoms with Crippen molar-refractivity contribution in [1.82, 2.24) is 15.0 Å². The van der Waals surface area contributed by atoms with E-state index in [-0.39, 0.29) is 20.6 Å². The van der Waals surface area contributed by atoms with Gasteiger partial charge in [0.1, 0.15) is 0 Å². The van der Waals surface area contributed by atoms with Crippen molar-refractivity contribution in [2.45, 2.75) is 13.5 Å². The largest absolute Gasteiger partial charge is 0.342 e. The number of para-hydroxylation sites is 1. The molecule has 4 aromatic rings. The second-order valence-electron chi connectivity index (χ2n) is 8.59. The van der Waals surface area contributed by atoms with E-state index in [0.29, 0.717) is 11.4 Å². The fraction of sp³-hybridized carbons (Fsp3) is 0.0741. The maximum Gasteiger partial charge on any atom is 0.285 e. The van der Waals surface area contributed by atoms with Crippen LogP contribution >= 0.6 is 35.6 Å². The molecule has 1 saturated heterocycles. The van der Waals surface area contributed by atoms with Gasteiger partial charge in [0.05, 0.1) is 20.4 Å². The van der Waals surface area contributed by atoms with Crippen molar-refractivity contribution < 1.29 is 14.5 Å². The van der Waals surface area contributed by atoms with Gasteiger partial charge in [-0.15, -0.1) is 0 Å². The number of hydrogen-bond donors (Lipinski definition) is 1. The summed E-state index contributed by atoms with van der Waals surface area (Å²) in [5, 5.41) is 13.2. The number of thiocarbonyl (C=S) groups is 1. The number of benzene rings is 3. The second-order valence-corrected chi connectivity index (χ2v) is 10.7. The van der Waals surface area contributed by atoms with Gasteiger partial charge in [-0.05, 0) is 54.5 Å². The number of fused-ring (bicyclic) bond motifs is 1. The summed E-state index contributed by atoms with van der Waals surface area (Å²) >= 11 is 12.7. The molecule has 1 aromatic heterocycles. The number of nitrogens with one attached hydrogen (secondary N) is 1. The van der Waals surface area contributed by atoms with Crippen LogP contribution in [-0.4, -0.2) is 30.6 Å². The Morgan fingerprint density at radius 1 is 1.16 bits per heavy atom. The van der Waals surface area contributed by atoms with Crippen LogP contribution in [0.5, 0.6) is 0 Å². The molecule has 0 unspecified atom stereocenters. The number of hydrazine groups is 1. The Hall–Kier alpha value is -3.99. The Bertz CT molecular complexity index is 1660. The first kappa shape index (κ1) is 25.7. The van der Waals surface area contributed by atoms with Gasteiger partial charge < -0.3 is 4.57 Å². The minimum atomic E-state index is -0.535. The van der Waals surface area contributed by atoms with Crippen LogP contribution in [-0.2, 0) is 11.3 Å². The van der Waals surface area contributed by atoms with Crippen molar-refractivity contribution in [1.29, 1.82) is 0 Å². The predicted octanol–water partition coefficient (Wildman–Crippen LogP) is 6.11. The molecule has 8 nitrogen and oxygen atoms in total. The van der Waals surface area contributed by atoms with E-state index in [0.717, 1.165) is 44.4 Å². The van der Waals surface area contributed by atoms with Gasteiger partial charge in [-0.25, -0.2) is 0 Å². The van der Waals surface area contributed by atoms with Gasteiger partial charge in [0, 0.05) is 41.3 Å². The number of halogens is 1. The number of amides is 2.